The second-order valence-electron chi connectivity index (χ2n) is 12.7. The van der Waals surface area contributed by atoms with Crippen molar-refractivity contribution in [1.29, 1.82) is 0 Å². The molecule has 3 aliphatic heterocycles. The molecule has 7 nitrogen and oxygen atoms in total. The molecule has 0 unspecified atom stereocenters. The van der Waals surface area contributed by atoms with Gasteiger partial charge < -0.3 is 23.6 Å². The number of ether oxygens (including phenoxy) is 2. The number of nitrogens with one attached hydrogen (secondary N) is 1. The number of ketones is 1. The lowest BCUT2D eigenvalue weighted by molar-refractivity contribution is -0.234. The molecule has 0 saturated carbocycles. The third kappa shape index (κ3) is 4.41. The van der Waals surface area contributed by atoms with Crippen LogP contribution in [-0.2, 0) is 27.9 Å². The predicted octanol–water partition coefficient (Wildman–Crippen LogP) is 4.13. The van der Waals surface area contributed by atoms with E-state index in [0.29, 0.717) is 19.4 Å². The van der Waals surface area contributed by atoms with Crippen LogP contribution in [0.2, 0.25) is 36.3 Å². The van der Waals surface area contributed by atoms with Crippen LogP contribution in [0.25, 0.3) is 0 Å². The Morgan fingerprint density at radius 1 is 0.969 bits per heavy atom. The van der Waals surface area contributed by atoms with Crippen LogP contribution in [0.1, 0.15) is 60.8 Å². The maximum absolute atomic E-state index is 13.9. The fraction of sp³-hybridized carbons (Fsp3) is 0.913. The average Bonchev–Trinajstić information content (AvgIpc) is 3.06. The molecule has 3 aliphatic rings. The van der Waals surface area contributed by atoms with Crippen molar-refractivity contribution in [3.05, 3.63) is 0 Å². The normalized spacial score (nSPS) is 34.6. The monoisotopic (exact) mass is 485 g/mol. The van der Waals surface area contributed by atoms with Crippen LogP contribution in [0.15, 0.2) is 0 Å². The minimum Gasteiger partial charge on any atom is -0.409 e. The van der Waals surface area contributed by atoms with E-state index in [-0.39, 0.29) is 34.3 Å². The molecule has 3 saturated heterocycles. The zero-order valence-corrected chi connectivity index (χ0v) is 23.6. The summed E-state index contributed by atoms with van der Waals surface area (Å²) in [4.78, 5) is 26.7. The van der Waals surface area contributed by atoms with Crippen molar-refractivity contribution in [2.45, 2.75) is 127 Å². The smallest absolute Gasteiger partial charge is 0.220 e. The van der Waals surface area contributed by atoms with E-state index < -0.39 is 40.7 Å². The average molecular weight is 486 g/mol. The molecule has 1 amide bonds. The maximum Gasteiger partial charge on any atom is 0.220 e. The molecule has 0 aromatic rings. The van der Waals surface area contributed by atoms with Crippen LogP contribution in [-0.4, -0.2) is 65.1 Å². The Morgan fingerprint density at radius 2 is 1.56 bits per heavy atom. The lowest BCUT2D eigenvalue weighted by Gasteiger charge is -2.55. The van der Waals surface area contributed by atoms with Crippen molar-refractivity contribution >= 4 is 28.3 Å². The lowest BCUT2D eigenvalue weighted by Crippen LogP contribution is -2.76. The summed E-state index contributed by atoms with van der Waals surface area (Å²) >= 11 is 0. The number of rotatable bonds is 4. The van der Waals surface area contributed by atoms with Crippen molar-refractivity contribution in [2.24, 2.45) is 0 Å². The van der Waals surface area contributed by atoms with Gasteiger partial charge in [-0.25, -0.2) is 0 Å². The van der Waals surface area contributed by atoms with Crippen molar-refractivity contribution in [2.75, 3.05) is 6.61 Å². The highest BCUT2D eigenvalue weighted by molar-refractivity contribution is 6.74. The number of fused-ring (bicyclic) bond motifs is 4. The van der Waals surface area contributed by atoms with Gasteiger partial charge in [0.25, 0.3) is 0 Å². The first-order valence-corrected chi connectivity index (χ1v) is 17.7. The minimum absolute atomic E-state index is 0.0398. The van der Waals surface area contributed by atoms with Gasteiger partial charge in [-0.05, 0) is 42.7 Å². The summed E-state index contributed by atoms with van der Waals surface area (Å²) in [7, 11) is -4.71. The van der Waals surface area contributed by atoms with Gasteiger partial charge in [0.15, 0.2) is 34.3 Å². The van der Waals surface area contributed by atoms with Gasteiger partial charge in [0.2, 0.25) is 5.91 Å². The molecule has 3 fully saturated rings. The SMILES string of the molecule is CC(C)(C)[Si](C)(C)O[C@@H]1[C@H]2CO[C@H](O2)[C@@]2(O[Si](C)(C)C(C)(C)C)C(=O)CCCC(=O)N[C@@H]12. The molecule has 0 aromatic carbocycles. The van der Waals surface area contributed by atoms with Crippen molar-refractivity contribution < 1.29 is 27.9 Å². The van der Waals surface area contributed by atoms with Gasteiger partial charge in [-0.3, -0.25) is 9.59 Å². The predicted molar refractivity (Wildman–Crippen MR) is 128 cm³/mol. The Balaban J connectivity index is 2.14. The number of amides is 1. The molecule has 0 aliphatic carbocycles. The molecule has 3 rings (SSSR count). The molecule has 0 aromatic heterocycles. The van der Waals surface area contributed by atoms with Crippen LogP contribution >= 0.6 is 0 Å². The van der Waals surface area contributed by atoms with E-state index >= 15 is 0 Å². The summed E-state index contributed by atoms with van der Waals surface area (Å²) < 4.78 is 26.2. The summed E-state index contributed by atoms with van der Waals surface area (Å²) in [6, 6.07) is -0.641. The molecule has 0 spiro atoms. The number of carbonyl (C=O) groups is 2. The van der Waals surface area contributed by atoms with E-state index in [4.69, 9.17) is 18.3 Å². The van der Waals surface area contributed by atoms with Crippen LogP contribution in [0.5, 0.6) is 0 Å². The largest absolute Gasteiger partial charge is 0.409 e. The van der Waals surface area contributed by atoms with Gasteiger partial charge in [-0.2, -0.15) is 0 Å². The van der Waals surface area contributed by atoms with Crippen LogP contribution in [0.4, 0.5) is 0 Å². The molecule has 9 heteroatoms. The van der Waals surface area contributed by atoms with Crippen molar-refractivity contribution in [1.82, 2.24) is 5.32 Å². The van der Waals surface area contributed by atoms with Crippen molar-refractivity contribution in [3.8, 4) is 0 Å². The zero-order valence-electron chi connectivity index (χ0n) is 21.6. The summed E-state index contributed by atoms with van der Waals surface area (Å²) in [5.41, 5.74) is -1.40. The fourth-order valence-corrected chi connectivity index (χ4v) is 6.98. The van der Waals surface area contributed by atoms with Gasteiger partial charge >= 0.3 is 0 Å². The highest BCUT2D eigenvalue weighted by atomic mass is 28.4. The van der Waals surface area contributed by atoms with E-state index in [2.05, 4.69) is 73.0 Å². The quantitative estimate of drug-likeness (QED) is 0.603. The number of hydrogen-bond acceptors (Lipinski definition) is 6. The second-order valence-corrected chi connectivity index (χ2v) is 22.1. The Morgan fingerprint density at radius 3 is 2.12 bits per heavy atom. The molecule has 184 valence electrons. The topological polar surface area (TPSA) is 83.1 Å². The number of carbonyl (C=O) groups excluding carboxylic acids is 2. The second kappa shape index (κ2) is 8.27. The van der Waals surface area contributed by atoms with Gasteiger partial charge in [0.05, 0.1) is 18.8 Å². The maximum atomic E-state index is 13.9. The van der Waals surface area contributed by atoms with Gasteiger partial charge in [-0.1, -0.05) is 41.5 Å². The number of Topliss-reactive ketones (excluding diaryl/α,β-unsaturated/α-hetero) is 1. The van der Waals surface area contributed by atoms with E-state index in [1.807, 2.05) is 0 Å². The zero-order chi connectivity index (χ0) is 24.3. The molecule has 3 heterocycles. The van der Waals surface area contributed by atoms with Crippen LogP contribution in [0.3, 0.4) is 0 Å². The summed E-state index contributed by atoms with van der Waals surface area (Å²) in [6.45, 7) is 21.9. The summed E-state index contributed by atoms with van der Waals surface area (Å²) in [5.74, 6) is -0.127. The first-order chi connectivity index (χ1) is 14.4. The first kappa shape index (κ1) is 26.0. The third-order valence-corrected chi connectivity index (χ3v) is 17.2. The summed E-state index contributed by atoms with van der Waals surface area (Å²) in [5, 5.41) is 2.99. The minimum atomic E-state index is -2.45. The molecular weight excluding hydrogens is 442 g/mol. The Hall–Kier alpha value is -0.586. The van der Waals surface area contributed by atoms with E-state index in [1.165, 1.54) is 0 Å². The molecule has 32 heavy (non-hydrogen) atoms. The van der Waals surface area contributed by atoms with Crippen LogP contribution < -0.4 is 5.32 Å². The number of hydrogen-bond donors (Lipinski definition) is 1. The molecule has 5 atom stereocenters. The highest BCUT2D eigenvalue weighted by Gasteiger charge is 2.68. The Labute approximate surface area is 195 Å². The Kier molecular flexibility index (Phi) is 6.72. The highest BCUT2D eigenvalue weighted by Crippen LogP contribution is 2.49. The first-order valence-electron chi connectivity index (χ1n) is 11.9. The fourth-order valence-electron chi connectivity index (χ4n) is 4.17. The van der Waals surface area contributed by atoms with Crippen molar-refractivity contribution in [3.63, 3.8) is 0 Å². The summed E-state index contributed by atoms with van der Waals surface area (Å²) in [6.07, 6.45) is -0.615. The van der Waals surface area contributed by atoms with Gasteiger partial charge in [-0.15, -0.1) is 0 Å². The lowest BCUT2D eigenvalue weighted by atomic mass is 9.79. The third-order valence-electron chi connectivity index (χ3n) is 8.24. The van der Waals surface area contributed by atoms with Gasteiger partial charge in [0, 0.05) is 12.8 Å². The van der Waals surface area contributed by atoms with E-state index in [1.54, 1.807) is 0 Å². The van der Waals surface area contributed by atoms with Crippen LogP contribution in [0, 0.1) is 0 Å². The van der Waals surface area contributed by atoms with E-state index in [9.17, 15) is 9.59 Å². The Bertz CT molecular complexity index is 757. The van der Waals surface area contributed by atoms with Gasteiger partial charge in [0.1, 0.15) is 6.10 Å². The van der Waals surface area contributed by atoms with E-state index in [0.717, 1.165) is 0 Å². The molecule has 2 bridgehead atoms. The molecular formula is C23H43NO6Si2. The molecule has 1 N–H and O–H groups in total. The standard InChI is InChI=1S/C23H43NO6Si2/c1-21(2,3)31(7,8)29-18-15-14-27-20(28-15)23(30-32(9,10)22(4,5)6)16(25)12-11-13-17(26)24-19(18)23/h15,18-20H,11-14H2,1-10H3,(H,24,26)/t15-,18-,19+,20-,23-/m1/s1. The molecule has 0 radical (unpaired) electrons.